The summed E-state index contributed by atoms with van der Waals surface area (Å²) in [5, 5.41) is 1.07. The smallest absolute Gasteiger partial charge is 0.341 e. The number of pyridine rings is 1. The lowest BCUT2D eigenvalue weighted by Crippen LogP contribution is -2.03. The molecular formula is C13H12ClNO2. The molecule has 0 spiro atoms. The number of hydrogen-bond donors (Lipinski definition) is 0. The summed E-state index contributed by atoms with van der Waals surface area (Å²) in [4.78, 5) is 15.7. The van der Waals surface area contributed by atoms with Gasteiger partial charge in [0.15, 0.2) is 0 Å². The van der Waals surface area contributed by atoms with E-state index < -0.39 is 5.97 Å². The van der Waals surface area contributed by atoms with Crippen LogP contribution in [0.15, 0.2) is 24.3 Å². The third kappa shape index (κ3) is 2.24. The molecule has 17 heavy (non-hydrogen) atoms. The van der Waals surface area contributed by atoms with Gasteiger partial charge in [0.05, 0.1) is 18.2 Å². The van der Waals surface area contributed by atoms with E-state index in [1.165, 1.54) is 12.7 Å². The molecule has 0 aliphatic rings. The van der Waals surface area contributed by atoms with Gasteiger partial charge in [0.1, 0.15) is 5.15 Å². The molecule has 2 aromatic rings. The summed E-state index contributed by atoms with van der Waals surface area (Å²) in [5.74, 6) is -0.466. The number of fused-ring (bicyclic) bond motifs is 1. The Hall–Kier alpha value is -1.61. The topological polar surface area (TPSA) is 39.2 Å². The van der Waals surface area contributed by atoms with Crippen LogP contribution in [0.25, 0.3) is 10.9 Å². The maximum Gasteiger partial charge on any atom is 0.341 e. The largest absolute Gasteiger partial charge is 0.465 e. The van der Waals surface area contributed by atoms with E-state index in [9.17, 15) is 4.79 Å². The number of carbonyl (C=O) groups excluding carboxylic acids is 1. The number of hydrogen-bond acceptors (Lipinski definition) is 3. The van der Waals surface area contributed by atoms with E-state index >= 15 is 0 Å². The minimum atomic E-state index is -0.466. The van der Waals surface area contributed by atoms with Crippen molar-refractivity contribution in [1.82, 2.24) is 4.98 Å². The van der Waals surface area contributed by atoms with Gasteiger partial charge in [0.2, 0.25) is 0 Å². The van der Waals surface area contributed by atoms with Gasteiger partial charge in [0, 0.05) is 5.39 Å². The maximum absolute atomic E-state index is 11.5. The van der Waals surface area contributed by atoms with Crippen molar-refractivity contribution in [2.45, 2.75) is 13.3 Å². The first-order valence-corrected chi connectivity index (χ1v) is 5.71. The number of aromatic nitrogens is 1. The summed E-state index contributed by atoms with van der Waals surface area (Å²) >= 11 is 5.94. The molecule has 0 unspecified atom stereocenters. The van der Waals surface area contributed by atoms with Gasteiger partial charge in [-0.15, -0.1) is 0 Å². The summed E-state index contributed by atoms with van der Waals surface area (Å²) < 4.78 is 4.66. The van der Waals surface area contributed by atoms with Gasteiger partial charge in [0.25, 0.3) is 0 Å². The molecule has 0 N–H and O–H groups in total. The lowest BCUT2D eigenvalue weighted by molar-refractivity contribution is 0.0600. The monoisotopic (exact) mass is 249 g/mol. The van der Waals surface area contributed by atoms with Crippen LogP contribution in [0.4, 0.5) is 0 Å². The number of benzene rings is 1. The predicted molar refractivity (Wildman–Crippen MR) is 67.5 cm³/mol. The second-order valence-electron chi connectivity index (χ2n) is 3.70. The fourth-order valence-corrected chi connectivity index (χ4v) is 1.90. The van der Waals surface area contributed by atoms with Gasteiger partial charge in [-0.2, -0.15) is 0 Å². The lowest BCUT2D eigenvalue weighted by atomic mass is 10.1. The van der Waals surface area contributed by atoms with Crippen molar-refractivity contribution in [3.8, 4) is 0 Å². The molecule has 0 fully saturated rings. The minimum absolute atomic E-state index is 0.175. The number of nitrogens with zero attached hydrogens (tertiary/aromatic N) is 1. The Labute approximate surface area is 104 Å². The standard InChI is InChI=1S/C13H12ClNO2/c1-3-8-4-5-11-9(6-8)7-10(12(14)15-11)13(16)17-2/h4-7H,3H2,1-2H3. The molecule has 4 heteroatoms. The van der Waals surface area contributed by atoms with Crippen molar-refractivity contribution >= 4 is 28.5 Å². The quantitative estimate of drug-likeness (QED) is 0.606. The molecule has 88 valence electrons. The van der Waals surface area contributed by atoms with Gasteiger partial charge >= 0.3 is 5.97 Å². The Morgan fingerprint density at radius 2 is 2.18 bits per heavy atom. The van der Waals surface area contributed by atoms with Crippen LogP contribution in [0.3, 0.4) is 0 Å². The number of halogens is 1. The highest BCUT2D eigenvalue weighted by Crippen LogP contribution is 2.22. The van der Waals surface area contributed by atoms with E-state index in [0.29, 0.717) is 5.56 Å². The van der Waals surface area contributed by atoms with E-state index in [1.54, 1.807) is 6.07 Å². The molecule has 0 aliphatic heterocycles. The van der Waals surface area contributed by atoms with Crippen LogP contribution >= 0.6 is 11.6 Å². The van der Waals surface area contributed by atoms with Gasteiger partial charge in [-0.25, -0.2) is 9.78 Å². The van der Waals surface area contributed by atoms with Crippen LogP contribution in [-0.2, 0) is 11.2 Å². The van der Waals surface area contributed by atoms with Gasteiger partial charge < -0.3 is 4.74 Å². The number of methoxy groups -OCH3 is 1. The molecule has 0 atom stereocenters. The molecule has 1 aromatic heterocycles. The molecule has 1 heterocycles. The van der Waals surface area contributed by atoms with Crippen molar-refractivity contribution in [2.24, 2.45) is 0 Å². The molecule has 0 aliphatic carbocycles. The first-order chi connectivity index (χ1) is 8.15. The summed E-state index contributed by atoms with van der Waals surface area (Å²) in [5.41, 5.74) is 2.27. The fraction of sp³-hybridized carbons (Fsp3) is 0.231. The second-order valence-corrected chi connectivity index (χ2v) is 4.06. The molecule has 1 aromatic carbocycles. The number of ether oxygens (including phenoxy) is 1. The van der Waals surface area contributed by atoms with E-state index in [2.05, 4.69) is 16.6 Å². The van der Waals surface area contributed by atoms with Crippen LogP contribution in [0.2, 0.25) is 5.15 Å². The van der Waals surface area contributed by atoms with Crippen LogP contribution in [0.1, 0.15) is 22.8 Å². The second kappa shape index (κ2) is 4.72. The van der Waals surface area contributed by atoms with E-state index in [1.807, 2.05) is 18.2 Å². The molecule has 0 saturated heterocycles. The Morgan fingerprint density at radius 3 is 2.82 bits per heavy atom. The van der Waals surface area contributed by atoms with Crippen molar-refractivity contribution < 1.29 is 9.53 Å². The zero-order chi connectivity index (χ0) is 12.4. The van der Waals surface area contributed by atoms with Crippen LogP contribution in [0.5, 0.6) is 0 Å². The van der Waals surface area contributed by atoms with Crippen molar-refractivity contribution in [3.63, 3.8) is 0 Å². The highest BCUT2D eigenvalue weighted by atomic mass is 35.5. The highest BCUT2D eigenvalue weighted by molar-refractivity contribution is 6.32. The van der Waals surface area contributed by atoms with Crippen LogP contribution < -0.4 is 0 Å². The first-order valence-electron chi connectivity index (χ1n) is 5.33. The zero-order valence-electron chi connectivity index (χ0n) is 9.66. The third-order valence-electron chi connectivity index (χ3n) is 2.65. The molecule has 0 radical (unpaired) electrons. The average Bonchev–Trinajstić information content (AvgIpc) is 2.36. The van der Waals surface area contributed by atoms with Crippen molar-refractivity contribution in [3.05, 3.63) is 40.5 Å². The molecular weight excluding hydrogens is 238 g/mol. The number of aryl methyl sites for hydroxylation is 1. The molecule has 3 nitrogen and oxygen atoms in total. The van der Waals surface area contributed by atoms with Crippen LogP contribution in [0, 0.1) is 0 Å². The van der Waals surface area contributed by atoms with Crippen molar-refractivity contribution in [1.29, 1.82) is 0 Å². The summed E-state index contributed by atoms with van der Waals surface area (Å²) in [6.45, 7) is 2.08. The average molecular weight is 250 g/mol. The number of esters is 1. The Morgan fingerprint density at radius 1 is 1.41 bits per heavy atom. The SMILES string of the molecule is CCc1ccc2nc(Cl)c(C(=O)OC)cc2c1. The molecule has 0 amide bonds. The third-order valence-corrected chi connectivity index (χ3v) is 2.93. The Kier molecular flexibility index (Phi) is 3.29. The van der Waals surface area contributed by atoms with Crippen LogP contribution in [-0.4, -0.2) is 18.1 Å². The van der Waals surface area contributed by atoms with Gasteiger partial charge in [-0.05, 0) is 30.2 Å². The predicted octanol–water partition coefficient (Wildman–Crippen LogP) is 3.24. The molecule has 0 bridgehead atoms. The first kappa shape index (κ1) is 11.9. The fourth-order valence-electron chi connectivity index (χ4n) is 1.68. The number of rotatable bonds is 2. The summed E-state index contributed by atoms with van der Waals surface area (Å²) in [6, 6.07) is 7.63. The van der Waals surface area contributed by atoms with E-state index in [4.69, 9.17) is 11.6 Å². The van der Waals surface area contributed by atoms with Gasteiger partial charge in [-0.1, -0.05) is 24.6 Å². The van der Waals surface area contributed by atoms with E-state index in [0.717, 1.165) is 17.3 Å². The maximum atomic E-state index is 11.5. The summed E-state index contributed by atoms with van der Waals surface area (Å²) in [6.07, 6.45) is 0.937. The molecule has 2 rings (SSSR count). The summed E-state index contributed by atoms with van der Waals surface area (Å²) in [7, 11) is 1.32. The highest BCUT2D eigenvalue weighted by Gasteiger charge is 2.13. The Bertz CT molecular complexity index is 581. The molecule has 0 saturated carbocycles. The van der Waals surface area contributed by atoms with Crippen molar-refractivity contribution in [2.75, 3.05) is 7.11 Å². The minimum Gasteiger partial charge on any atom is -0.465 e. The normalized spacial score (nSPS) is 10.5. The Balaban J connectivity index is 2.64. The van der Waals surface area contributed by atoms with E-state index in [-0.39, 0.29) is 5.15 Å². The lowest BCUT2D eigenvalue weighted by Gasteiger charge is -2.05. The zero-order valence-corrected chi connectivity index (χ0v) is 10.4. The van der Waals surface area contributed by atoms with Gasteiger partial charge in [-0.3, -0.25) is 0 Å². The number of carbonyl (C=O) groups is 1.